The van der Waals surface area contributed by atoms with Crippen LogP contribution in [0.15, 0.2) is 23.2 Å². The number of hydrogen-bond donors (Lipinski definition) is 1. The van der Waals surface area contributed by atoms with E-state index in [1.54, 1.807) is 25.0 Å². The Kier molecular flexibility index (Phi) is 5.58. The van der Waals surface area contributed by atoms with Crippen LogP contribution in [0.4, 0.5) is 0 Å². The van der Waals surface area contributed by atoms with E-state index in [2.05, 4.69) is 4.98 Å². The molecule has 1 amide bonds. The molecule has 2 aromatic rings. The molecular weight excluding hydrogens is 385 g/mol. The summed E-state index contributed by atoms with van der Waals surface area (Å²) in [6.45, 7) is 3.61. The second-order valence-electron chi connectivity index (χ2n) is 6.15. The van der Waals surface area contributed by atoms with Gasteiger partial charge in [0.1, 0.15) is 16.2 Å². The Bertz CT molecular complexity index is 920. The van der Waals surface area contributed by atoms with E-state index in [-0.39, 0.29) is 47.2 Å². The predicted octanol–water partition coefficient (Wildman–Crippen LogP) is -2.42. The topological polar surface area (TPSA) is 98.0 Å². The van der Waals surface area contributed by atoms with Gasteiger partial charge >= 0.3 is 29.6 Å². The standard InChI is InChI=1S/C16H17N3O4S2.Na/c1-3-24-13-15-18(6-17-13)5-10(25-15)8-4-9-11(7(2)20)14(21)19(9)12(8)16(22)23;/h5-7,9,11,20H,3-4H2,1-2H3,(H,22,23);/q;+1/p-1/t7-,9-,11-;/m1./s1. The number of carboxylic acid groups (broad SMARTS) is 1. The maximum atomic E-state index is 12.3. The van der Waals surface area contributed by atoms with Crippen molar-refractivity contribution in [2.45, 2.75) is 37.4 Å². The summed E-state index contributed by atoms with van der Waals surface area (Å²) in [5.41, 5.74) is 0.539. The summed E-state index contributed by atoms with van der Waals surface area (Å²) in [6, 6.07) is -0.306. The summed E-state index contributed by atoms with van der Waals surface area (Å²) in [7, 11) is 0. The number of β-lactam (4-membered cyclic amide) rings is 1. The molecule has 1 fully saturated rings. The fourth-order valence-electron chi connectivity index (χ4n) is 3.63. The summed E-state index contributed by atoms with van der Waals surface area (Å²) in [5.74, 6) is -1.35. The van der Waals surface area contributed by atoms with Crippen molar-refractivity contribution in [3.63, 3.8) is 0 Å². The third-order valence-electron chi connectivity index (χ3n) is 4.68. The Hall–Kier alpha value is -0.840. The first-order chi connectivity index (χ1) is 11.9. The number of carbonyl (C=O) groups is 2. The molecule has 1 saturated heterocycles. The second-order valence-corrected chi connectivity index (χ2v) is 8.43. The minimum Gasteiger partial charge on any atom is -0.543 e. The van der Waals surface area contributed by atoms with E-state index in [0.29, 0.717) is 12.0 Å². The first-order valence-corrected chi connectivity index (χ1v) is 9.79. The number of carbonyl (C=O) groups excluding carboxylic acids is 2. The van der Waals surface area contributed by atoms with Crippen molar-refractivity contribution in [3.05, 3.63) is 23.1 Å². The summed E-state index contributed by atoms with van der Waals surface area (Å²) in [4.78, 5) is 31.3. The summed E-state index contributed by atoms with van der Waals surface area (Å²) >= 11 is 3.09. The predicted molar refractivity (Wildman–Crippen MR) is 91.8 cm³/mol. The van der Waals surface area contributed by atoms with Gasteiger partial charge < -0.3 is 19.9 Å². The quantitative estimate of drug-likeness (QED) is 0.340. The number of aliphatic carboxylic acids is 1. The molecule has 2 aromatic heterocycles. The fraction of sp³-hybridized carbons (Fsp3) is 0.438. The van der Waals surface area contributed by atoms with Crippen LogP contribution in [0.25, 0.3) is 10.4 Å². The molecule has 4 heterocycles. The molecule has 0 unspecified atom stereocenters. The van der Waals surface area contributed by atoms with Crippen molar-refractivity contribution in [2.75, 3.05) is 5.75 Å². The van der Waals surface area contributed by atoms with Gasteiger partial charge in [-0.3, -0.25) is 9.20 Å². The Labute approximate surface area is 180 Å². The SMILES string of the molecule is CCSc1ncn2cc(C3=C(C(=O)[O-])N4C(=O)[C@H]([C@@H](C)O)[C@H]4C3)sc12.[Na+]. The monoisotopic (exact) mass is 401 g/mol. The molecule has 2 aliphatic rings. The van der Waals surface area contributed by atoms with E-state index in [4.69, 9.17) is 0 Å². The van der Waals surface area contributed by atoms with Crippen LogP contribution in [0, 0.1) is 5.92 Å². The van der Waals surface area contributed by atoms with Gasteiger partial charge in [0.15, 0.2) is 0 Å². The van der Waals surface area contributed by atoms with Crippen LogP contribution in [0.3, 0.4) is 0 Å². The third kappa shape index (κ3) is 2.85. The molecule has 7 nitrogen and oxygen atoms in total. The van der Waals surface area contributed by atoms with Gasteiger partial charge in [-0.2, -0.15) is 0 Å². The first-order valence-electron chi connectivity index (χ1n) is 7.99. The van der Waals surface area contributed by atoms with Gasteiger partial charge in [0.2, 0.25) is 5.91 Å². The number of aliphatic hydroxyl groups is 1. The first kappa shape index (κ1) is 19.9. The molecule has 4 rings (SSSR count). The largest absolute Gasteiger partial charge is 1.00 e. The number of fused-ring (bicyclic) bond motifs is 2. The van der Waals surface area contributed by atoms with Gasteiger partial charge in [0.05, 0.1) is 34.6 Å². The Morgan fingerprint density at radius 3 is 2.92 bits per heavy atom. The molecular formula is C16H16N3NaO4S2. The Balaban J connectivity index is 0.00000196. The maximum Gasteiger partial charge on any atom is 1.00 e. The van der Waals surface area contributed by atoms with Crippen LogP contribution >= 0.6 is 23.1 Å². The number of thioether (sulfide) groups is 1. The van der Waals surface area contributed by atoms with Crippen molar-refractivity contribution in [2.24, 2.45) is 5.92 Å². The molecule has 1 N–H and O–H groups in total. The van der Waals surface area contributed by atoms with Crippen molar-refractivity contribution >= 4 is 45.4 Å². The number of aliphatic hydroxyl groups excluding tert-OH is 1. The van der Waals surface area contributed by atoms with E-state index in [1.165, 1.54) is 16.2 Å². The zero-order chi connectivity index (χ0) is 17.9. The number of aromatic nitrogens is 2. The van der Waals surface area contributed by atoms with Gasteiger partial charge in [0.25, 0.3) is 0 Å². The molecule has 0 bridgehead atoms. The number of thiazole rings is 1. The zero-order valence-electron chi connectivity index (χ0n) is 14.6. The average molecular weight is 401 g/mol. The van der Waals surface area contributed by atoms with Gasteiger partial charge in [-0.05, 0) is 24.7 Å². The van der Waals surface area contributed by atoms with Crippen LogP contribution in [-0.2, 0) is 9.59 Å². The summed E-state index contributed by atoms with van der Waals surface area (Å²) < 4.78 is 1.88. The smallest absolute Gasteiger partial charge is 0.543 e. The molecule has 0 saturated carbocycles. The Morgan fingerprint density at radius 2 is 2.31 bits per heavy atom. The van der Waals surface area contributed by atoms with Crippen LogP contribution in [0.1, 0.15) is 25.1 Å². The van der Waals surface area contributed by atoms with E-state index < -0.39 is 18.0 Å². The molecule has 2 aliphatic heterocycles. The van der Waals surface area contributed by atoms with Crippen LogP contribution < -0.4 is 34.7 Å². The minimum absolute atomic E-state index is 0. The summed E-state index contributed by atoms with van der Waals surface area (Å²) in [5, 5.41) is 22.4. The zero-order valence-corrected chi connectivity index (χ0v) is 18.3. The van der Waals surface area contributed by atoms with Crippen molar-refractivity contribution < 1.29 is 49.4 Å². The van der Waals surface area contributed by atoms with E-state index in [1.807, 2.05) is 17.5 Å². The van der Waals surface area contributed by atoms with Gasteiger partial charge in [-0.25, -0.2) is 4.98 Å². The van der Waals surface area contributed by atoms with Crippen LogP contribution in [-0.4, -0.2) is 49.2 Å². The second kappa shape index (κ2) is 7.29. The molecule has 132 valence electrons. The molecule has 0 aromatic carbocycles. The van der Waals surface area contributed by atoms with Gasteiger partial charge in [0, 0.05) is 6.20 Å². The minimum atomic E-state index is -1.35. The number of amides is 1. The molecule has 3 atom stereocenters. The number of rotatable bonds is 5. The molecule has 0 aliphatic carbocycles. The van der Waals surface area contributed by atoms with E-state index in [9.17, 15) is 19.8 Å². The summed E-state index contributed by atoms with van der Waals surface area (Å²) in [6.07, 6.45) is 3.17. The van der Waals surface area contributed by atoms with Crippen LogP contribution in [0.5, 0.6) is 0 Å². The van der Waals surface area contributed by atoms with Gasteiger partial charge in [-0.15, -0.1) is 23.1 Å². The van der Waals surface area contributed by atoms with Crippen LogP contribution in [0.2, 0.25) is 0 Å². The molecule has 0 spiro atoms. The van der Waals surface area contributed by atoms with E-state index in [0.717, 1.165) is 20.5 Å². The normalized spacial score (nSPS) is 23.0. The number of nitrogens with zero attached hydrogens (tertiary/aromatic N) is 3. The maximum absolute atomic E-state index is 12.3. The van der Waals surface area contributed by atoms with Crippen molar-refractivity contribution in [1.82, 2.24) is 14.3 Å². The molecule has 26 heavy (non-hydrogen) atoms. The number of imidazole rings is 1. The molecule has 10 heteroatoms. The van der Waals surface area contributed by atoms with E-state index >= 15 is 0 Å². The van der Waals surface area contributed by atoms with Crippen molar-refractivity contribution in [1.29, 1.82) is 0 Å². The van der Waals surface area contributed by atoms with Gasteiger partial charge in [-0.1, -0.05) is 6.92 Å². The molecule has 0 radical (unpaired) electrons. The number of hydrogen-bond acceptors (Lipinski definition) is 7. The van der Waals surface area contributed by atoms with Crippen molar-refractivity contribution in [3.8, 4) is 0 Å². The number of carboxylic acids is 1. The average Bonchev–Trinajstić information content (AvgIpc) is 3.18. The fourth-order valence-corrected chi connectivity index (χ4v) is 5.58. The Morgan fingerprint density at radius 1 is 1.58 bits per heavy atom. The third-order valence-corrected chi connectivity index (χ3v) is 6.84.